The van der Waals surface area contributed by atoms with E-state index in [1.807, 2.05) is 0 Å². The average molecular weight is 263 g/mol. The smallest absolute Gasteiger partial charge is 0.339 e. The van der Waals surface area contributed by atoms with Crippen molar-refractivity contribution in [2.24, 2.45) is 5.92 Å². The highest BCUT2D eigenvalue weighted by atomic mass is 16.4. The first-order valence-electron chi connectivity index (χ1n) is 7.00. The molecule has 0 spiro atoms. The van der Waals surface area contributed by atoms with Crippen LogP contribution in [0.5, 0.6) is 0 Å². The van der Waals surface area contributed by atoms with Gasteiger partial charge >= 0.3 is 5.97 Å². The van der Waals surface area contributed by atoms with Crippen LogP contribution in [0.15, 0.2) is 12.5 Å². The Labute approximate surface area is 113 Å². The van der Waals surface area contributed by atoms with Crippen LogP contribution >= 0.6 is 0 Å². The third-order valence-electron chi connectivity index (χ3n) is 3.76. The zero-order valence-electron chi connectivity index (χ0n) is 11.1. The summed E-state index contributed by atoms with van der Waals surface area (Å²) in [6, 6.07) is 0. The van der Waals surface area contributed by atoms with Gasteiger partial charge in [0.05, 0.1) is 5.69 Å². The predicted molar refractivity (Wildman–Crippen MR) is 71.9 cm³/mol. The van der Waals surface area contributed by atoms with Gasteiger partial charge in [-0.15, -0.1) is 0 Å². The van der Waals surface area contributed by atoms with Crippen LogP contribution in [0.3, 0.4) is 0 Å². The van der Waals surface area contributed by atoms with Crippen molar-refractivity contribution < 1.29 is 9.90 Å². The van der Waals surface area contributed by atoms with Gasteiger partial charge in [0.15, 0.2) is 0 Å². The summed E-state index contributed by atoms with van der Waals surface area (Å²) >= 11 is 0. The molecule has 1 aromatic rings. The molecule has 2 N–H and O–H groups in total. The second-order valence-electron chi connectivity index (χ2n) is 5.16. The van der Waals surface area contributed by atoms with Gasteiger partial charge in [-0.25, -0.2) is 14.8 Å². The maximum atomic E-state index is 11.0. The molecular weight excluding hydrogens is 242 g/mol. The fourth-order valence-electron chi connectivity index (χ4n) is 2.70. The van der Waals surface area contributed by atoms with Crippen LogP contribution in [-0.2, 0) is 6.54 Å². The van der Waals surface area contributed by atoms with Crippen LogP contribution in [0.4, 0.5) is 0 Å². The van der Waals surface area contributed by atoms with Crippen LogP contribution in [-0.4, -0.2) is 27.6 Å². The van der Waals surface area contributed by atoms with Crippen molar-refractivity contribution in [2.45, 2.75) is 45.1 Å². The molecule has 0 amide bonds. The van der Waals surface area contributed by atoms with Crippen LogP contribution < -0.4 is 5.32 Å². The SMILES string of the molecule is O=C(O)c1cncnc1CNCCCC1CCCC1. The van der Waals surface area contributed by atoms with Gasteiger partial charge in [0.2, 0.25) is 0 Å². The molecular formula is C14H21N3O2. The first-order valence-corrected chi connectivity index (χ1v) is 7.00. The average Bonchev–Trinajstić information content (AvgIpc) is 2.92. The molecule has 5 nitrogen and oxygen atoms in total. The first-order chi connectivity index (χ1) is 9.27. The molecule has 1 aliphatic rings. The van der Waals surface area contributed by atoms with E-state index in [0.717, 1.165) is 18.9 Å². The Morgan fingerprint density at radius 1 is 1.42 bits per heavy atom. The van der Waals surface area contributed by atoms with Crippen LogP contribution in [0.2, 0.25) is 0 Å². The Kier molecular flexibility index (Phi) is 5.27. The summed E-state index contributed by atoms with van der Waals surface area (Å²) in [7, 11) is 0. The monoisotopic (exact) mass is 263 g/mol. The second-order valence-corrected chi connectivity index (χ2v) is 5.16. The van der Waals surface area contributed by atoms with Crippen molar-refractivity contribution in [1.29, 1.82) is 0 Å². The molecule has 1 fully saturated rings. The Hall–Kier alpha value is -1.49. The third-order valence-corrected chi connectivity index (χ3v) is 3.76. The summed E-state index contributed by atoms with van der Waals surface area (Å²) in [5.41, 5.74) is 0.745. The highest BCUT2D eigenvalue weighted by Crippen LogP contribution is 2.28. The lowest BCUT2D eigenvalue weighted by molar-refractivity contribution is 0.0694. The normalized spacial score (nSPS) is 15.8. The van der Waals surface area contributed by atoms with E-state index in [1.165, 1.54) is 44.6 Å². The first kappa shape index (κ1) is 13.9. The van der Waals surface area contributed by atoms with Crippen LogP contribution in [0.1, 0.15) is 54.6 Å². The minimum atomic E-state index is -0.969. The second kappa shape index (κ2) is 7.19. The topological polar surface area (TPSA) is 75.1 Å². The fourth-order valence-corrected chi connectivity index (χ4v) is 2.70. The molecule has 0 unspecified atom stereocenters. The number of rotatable bonds is 7. The van der Waals surface area contributed by atoms with Crippen molar-refractivity contribution in [2.75, 3.05) is 6.54 Å². The molecule has 1 aliphatic carbocycles. The maximum absolute atomic E-state index is 11.0. The summed E-state index contributed by atoms with van der Waals surface area (Å²) in [6.45, 7) is 1.41. The number of nitrogens with zero attached hydrogens (tertiary/aromatic N) is 2. The van der Waals surface area contributed by atoms with Gasteiger partial charge in [0.25, 0.3) is 0 Å². The fraction of sp³-hybridized carbons (Fsp3) is 0.643. The minimum absolute atomic E-state index is 0.186. The van der Waals surface area contributed by atoms with Crippen LogP contribution in [0.25, 0.3) is 0 Å². The quantitative estimate of drug-likeness (QED) is 0.738. The van der Waals surface area contributed by atoms with Gasteiger partial charge < -0.3 is 10.4 Å². The maximum Gasteiger partial charge on any atom is 0.339 e. The Balaban J connectivity index is 1.69. The van der Waals surface area contributed by atoms with E-state index in [-0.39, 0.29) is 5.56 Å². The molecule has 0 bridgehead atoms. The Morgan fingerprint density at radius 3 is 2.95 bits per heavy atom. The van der Waals surface area contributed by atoms with E-state index in [0.29, 0.717) is 12.2 Å². The largest absolute Gasteiger partial charge is 0.478 e. The zero-order valence-corrected chi connectivity index (χ0v) is 11.1. The number of aromatic carboxylic acids is 1. The number of hydrogen-bond acceptors (Lipinski definition) is 4. The number of aromatic nitrogens is 2. The van der Waals surface area contributed by atoms with Gasteiger partial charge in [0.1, 0.15) is 11.9 Å². The third kappa shape index (κ3) is 4.28. The highest BCUT2D eigenvalue weighted by Gasteiger charge is 2.14. The molecule has 1 aromatic heterocycles. The van der Waals surface area contributed by atoms with Gasteiger partial charge in [-0.3, -0.25) is 0 Å². The molecule has 0 aromatic carbocycles. The number of carboxylic acid groups (broad SMARTS) is 1. The Morgan fingerprint density at radius 2 is 2.21 bits per heavy atom. The van der Waals surface area contributed by atoms with Crippen molar-refractivity contribution in [3.8, 4) is 0 Å². The van der Waals surface area contributed by atoms with Gasteiger partial charge in [-0.2, -0.15) is 0 Å². The molecule has 2 rings (SSSR count). The van der Waals surface area contributed by atoms with Gasteiger partial charge in [-0.1, -0.05) is 25.7 Å². The van der Waals surface area contributed by atoms with Crippen molar-refractivity contribution in [3.63, 3.8) is 0 Å². The minimum Gasteiger partial charge on any atom is -0.478 e. The lowest BCUT2D eigenvalue weighted by Crippen LogP contribution is -2.19. The van der Waals surface area contributed by atoms with Crippen molar-refractivity contribution >= 4 is 5.97 Å². The van der Waals surface area contributed by atoms with E-state index < -0.39 is 5.97 Å². The summed E-state index contributed by atoms with van der Waals surface area (Å²) in [5.74, 6) is -0.0567. The lowest BCUT2D eigenvalue weighted by atomic mass is 10.0. The number of hydrogen-bond donors (Lipinski definition) is 2. The van der Waals surface area contributed by atoms with E-state index >= 15 is 0 Å². The molecule has 0 aliphatic heterocycles. The standard InChI is InChI=1S/C14H21N3O2/c18-14(19)12-8-16-10-17-13(12)9-15-7-3-6-11-4-1-2-5-11/h8,10-11,15H,1-7,9H2,(H,18,19). The van der Waals surface area contributed by atoms with E-state index in [1.54, 1.807) is 0 Å². The predicted octanol–water partition coefficient (Wildman–Crippen LogP) is 2.23. The Bertz CT molecular complexity index is 417. The summed E-state index contributed by atoms with van der Waals surface area (Å²) in [6.07, 6.45) is 10.7. The molecule has 0 radical (unpaired) electrons. The molecule has 1 saturated carbocycles. The zero-order chi connectivity index (χ0) is 13.5. The van der Waals surface area contributed by atoms with Gasteiger partial charge in [-0.05, 0) is 25.3 Å². The number of carbonyl (C=O) groups is 1. The molecule has 0 atom stereocenters. The van der Waals surface area contributed by atoms with E-state index in [9.17, 15) is 4.79 Å². The summed E-state index contributed by atoms with van der Waals surface area (Å²) in [4.78, 5) is 18.7. The highest BCUT2D eigenvalue weighted by molar-refractivity contribution is 5.88. The number of carboxylic acids is 1. The van der Waals surface area contributed by atoms with E-state index in [2.05, 4.69) is 15.3 Å². The van der Waals surface area contributed by atoms with Gasteiger partial charge in [0, 0.05) is 12.7 Å². The molecule has 1 heterocycles. The van der Waals surface area contributed by atoms with Crippen LogP contribution in [0, 0.1) is 5.92 Å². The molecule has 0 saturated heterocycles. The summed E-state index contributed by atoms with van der Waals surface area (Å²) in [5, 5.41) is 12.3. The molecule has 104 valence electrons. The number of nitrogens with one attached hydrogen (secondary N) is 1. The lowest BCUT2D eigenvalue weighted by Gasteiger charge is -2.09. The van der Waals surface area contributed by atoms with Crippen molar-refractivity contribution in [1.82, 2.24) is 15.3 Å². The summed E-state index contributed by atoms with van der Waals surface area (Å²) < 4.78 is 0. The van der Waals surface area contributed by atoms with E-state index in [4.69, 9.17) is 5.11 Å². The molecule has 19 heavy (non-hydrogen) atoms. The van der Waals surface area contributed by atoms with Crippen molar-refractivity contribution in [3.05, 3.63) is 23.8 Å². The molecule has 5 heteroatoms.